The van der Waals surface area contributed by atoms with Crippen molar-refractivity contribution in [1.82, 2.24) is 5.32 Å². The third kappa shape index (κ3) is 5.48. The molecule has 0 heterocycles. The maximum absolute atomic E-state index is 12.6. The van der Waals surface area contributed by atoms with Gasteiger partial charge in [-0.25, -0.2) is 0 Å². The molecule has 1 atom stereocenters. The van der Waals surface area contributed by atoms with E-state index in [-0.39, 0.29) is 29.7 Å². The minimum Gasteiger partial charge on any atom is -0.370 e. The molecule has 132 valence electrons. The highest BCUT2D eigenvalue weighted by atomic mass is 16.2. The van der Waals surface area contributed by atoms with E-state index in [1.165, 1.54) is 25.7 Å². The van der Waals surface area contributed by atoms with E-state index in [9.17, 15) is 9.59 Å². The van der Waals surface area contributed by atoms with Crippen LogP contribution in [-0.2, 0) is 9.59 Å². The predicted molar refractivity (Wildman–Crippen MR) is 91.5 cm³/mol. The molecule has 2 aliphatic carbocycles. The molecule has 0 bridgehead atoms. The van der Waals surface area contributed by atoms with Gasteiger partial charge in [-0.3, -0.25) is 9.59 Å². The number of primary amides is 1. The molecule has 0 aromatic carbocycles. The second-order valence-corrected chi connectivity index (χ2v) is 7.68. The van der Waals surface area contributed by atoms with Gasteiger partial charge in [-0.15, -0.1) is 0 Å². The van der Waals surface area contributed by atoms with Gasteiger partial charge in [-0.05, 0) is 43.6 Å². The Morgan fingerprint density at radius 2 is 1.65 bits per heavy atom. The molecule has 2 fully saturated rings. The summed E-state index contributed by atoms with van der Waals surface area (Å²) in [4.78, 5) is 24.0. The van der Waals surface area contributed by atoms with Crippen molar-refractivity contribution in [2.45, 2.75) is 83.1 Å². The number of nitrogens with two attached hydrogens (primary N) is 2. The van der Waals surface area contributed by atoms with Gasteiger partial charge in [0.15, 0.2) is 0 Å². The Morgan fingerprint density at radius 1 is 1.04 bits per heavy atom. The largest absolute Gasteiger partial charge is 0.370 e. The van der Waals surface area contributed by atoms with Crippen LogP contribution in [0.25, 0.3) is 0 Å². The highest BCUT2D eigenvalue weighted by Gasteiger charge is 2.34. The summed E-state index contributed by atoms with van der Waals surface area (Å²) in [6.07, 6.45) is 12.2. The number of nitrogens with one attached hydrogen (secondary N) is 1. The first-order valence-corrected chi connectivity index (χ1v) is 9.32. The Bertz CT molecular complexity index is 399. The maximum Gasteiger partial charge on any atom is 0.220 e. The molecule has 0 radical (unpaired) electrons. The van der Waals surface area contributed by atoms with Gasteiger partial charge < -0.3 is 16.8 Å². The van der Waals surface area contributed by atoms with Crippen molar-refractivity contribution in [2.75, 3.05) is 6.54 Å². The second kappa shape index (κ2) is 8.67. The quantitative estimate of drug-likeness (QED) is 0.670. The SMILES string of the molecule is NCC1(CC(=O)NC(CC(N)=O)C2CCCCC2)CCCCC1. The lowest BCUT2D eigenvalue weighted by molar-refractivity contribution is -0.125. The standard InChI is InChI=1S/C18H33N3O2/c19-13-18(9-5-2-6-10-18)12-17(23)21-15(11-16(20)22)14-7-3-1-4-8-14/h14-15H,1-13,19H2,(H2,20,22)(H,21,23). The summed E-state index contributed by atoms with van der Waals surface area (Å²) in [6, 6.07) is -0.0984. The molecule has 5 heteroatoms. The first-order valence-electron chi connectivity index (χ1n) is 9.32. The lowest BCUT2D eigenvalue weighted by Crippen LogP contribution is -2.46. The van der Waals surface area contributed by atoms with Crippen LogP contribution in [0.15, 0.2) is 0 Å². The number of carbonyl (C=O) groups excluding carboxylic acids is 2. The lowest BCUT2D eigenvalue weighted by Gasteiger charge is -2.37. The Morgan fingerprint density at radius 3 is 2.22 bits per heavy atom. The van der Waals surface area contributed by atoms with Crippen LogP contribution in [-0.4, -0.2) is 24.4 Å². The average Bonchev–Trinajstić information content (AvgIpc) is 2.55. The molecule has 0 aliphatic heterocycles. The molecule has 5 nitrogen and oxygen atoms in total. The van der Waals surface area contributed by atoms with Gasteiger partial charge in [-0.1, -0.05) is 38.5 Å². The van der Waals surface area contributed by atoms with Crippen LogP contribution >= 0.6 is 0 Å². The van der Waals surface area contributed by atoms with E-state index in [0.29, 0.717) is 18.9 Å². The summed E-state index contributed by atoms with van der Waals surface area (Å²) < 4.78 is 0. The summed E-state index contributed by atoms with van der Waals surface area (Å²) in [5.74, 6) is 0.113. The van der Waals surface area contributed by atoms with E-state index >= 15 is 0 Å². The van der Waals surface area contributed by atoms with Crippen molar-refractivity contribution in [3.8, 4) is 0 Å². The first-order chi connectivity index (χ1) is 11.0. The summed E-state index contributed by atoms with van der Waals surface area (Å²) in [5, 5.41) is 3.13. The lowest BCUT2D eigenvalue weighted by atomic mass is 9.71. The van der Waals surface area contributed by atoms with E-state index in [1.54, 1.807) is 0 Å². The number of amides is 2. The van der Waals surface area contributed by atoms with E-state index < -0.39 is 0 Å². The topological polar surface area (TPSA) is 98.2 Å². The zero-order chi connectivity index (χ0) is 16.7. The highest BCUT2D eigenvalue weighted by Crippen LogP contribution is 2.38. The zero-order valence-electron chi connectivity index (χ0n) is 14.3. The fourth-order valence-corrected chi connectivity index (χ4v) is 4.44. The minimum absolute atomic E-state index is 0.0355. The van der Waals surface area contributed by atoms with Gasteiger partial charge >= 0.3 is 0 Å². The van der Waals surface area contributed by atoms with Crippen LogP contribution in [0, 0.1) is 11.3 Å². The average molecular weight is 323 g/mol. The van der Waals surface area contributed by atoms with E-state index in [4.69, 9.17) is 11.5 Å². The summed E-state index contributed by atoms with van der Waals surface area (Å²) >= 11 is 0. The van der Waals surface area contributed by atoms with Crippen LogP contribution in [0.1, 0.15) is 77.0 Å². The van der Waals surface area contributed by atoms with Gasteiger partial charge in [0.1, 0.15) is 0 Å². The molecule has 0 aromatic heterocycles. The van der Waals surface area contributed by atoms with Gasteiger partial charge in [0.25, 0.3) is 0 Å². The molecular formula is C18H33N3O2. The Kier molecular flexibility index (Phi) is 6.88. The van der Waals surface area contributed by atoms with Crippen molar-refractivity contribution in [1.29, 1.82) is 0 Å². The normalized spacial score (nSPS) is 23.2. The fraction of sp³-hybridized carbons (Fsp3) is 0.889. The Hall–Kier alpha value is -1.10. The Labute approximate surface area is 139 Å². The summed E-state index contributed by atoms with van der Waals surface area (Å²) in [7, 11) is 0. The van der Waals surface area contributed by atoms with Gasteiger partial charge in [0.05, 0.1) is 0 Å². The third-order valence-electron chi connectivity index (χ3n) is 5.87. The van der Waals surface area contributed by atoms with Crippen LogP contribution in [0.4, 0.5) is 0 Å². The smallest absolute Gasteiger partial charge is 0.220 e. The van der Waals surface area contributed by atoms with Crippen molar-refractivity contribution in [3.63, 3.8) is 0 Å². The monoisotopic (exact) mass is 323 g/mol. The highest BCUT2D eigenvalue weighted by molar-refractivity contribution is 5.79. The van der Waals surface area contributed by atoms with E-state index in [1.807, 2.05) is 0 Å². The van der Waals surface area contributed by atoms with Crippen LogP contribution in [0.5, 0.6) is 0 Å². The van der Waals surface area contributed by atoms with Crippen molar-refractivity contribution >= 4 is 11.8 Å². The minimum atomic E-state index is -0.327. The number of carbonyl (C=O) groups is 2. The first kappa shape index (κ1) is 18.2. The second-order valence-electron chi connectivity index (χ2n) is 7.68. The molecule has 0 spiro atoms. The van der Waals surface area contributed by atoms with Gasteiger partial charge in [0, 0.05) is 18.9 Å². The summed E-state index contributed by atoms with van der Waals surface area (Å²) in [6.45, 7) is 0.574. The van der Waals surface area contributed by atoms with E-state index in [0.717, 1.165) is 38.5 Å². The molecule has 5 N–H and O–H groups in total. The molecule has 1 unspecified atom stereocenters. The van der Waals surface area contributed by atoms with Crippen molar-refractivity contribution in [2.24, 2.45) is 22.8 Å². The predicted octanol–water partition coefficient (Wildman–Crippen LogP) is 2.23. The molecule has 23 heavy (non-hydrogen) atoms. The van der Waals surface area contributed by atoms with Gasteiger partial charge in [0.2, 0.25) is 11.8 Å². The fourth-order valence-electron chi connectivity index (χ4n) is 4.44. The number of rotatable bonds is 7. The van der Waals surface area contributed by atoms with Crippen molar-refractivity contribution < 1.29 is 9.59 Å². The maximum atomic E-state index is 12.6. The molecular weight excluding hydrogens is 290 g/mol. The summed E-state index contributed by atoms with van der Waals surface area (Å²) in [5.41, 5.74) is 11.4. The molecule has 2 saturated carbocycles. The Balaban J connectivity index is 1.94. The number of hydrogen-bond donors (Lipinski definition) is 3. The number of hydrogen-bond acceptors (Lipinski definition) is 3. The zero-order valence-corrected chi connectivity index (χ0v) is 14.3. The molecule has 2 aliphatic rings. The van der Waals surface area contributed by atoms with Crippen LogP contribution in [0.2, 0.25) is 0 Å². The third-order valence-corrected chi connectivity index (χ3v) is 5.87. The molecule has 2 rings (SSSR count). The van der Waals surface area contributed by atoms with Crippen LogP contribution in [0.3, 0.4) is 0 Å². The molecule has 0 saturated heterocycles. The van der Waals surface area contributed by atoms with Gasteiger partial charge in [-0.2, -0.15) is 0 Å². The van der Waals surface area contributed by atoms with Crippen LogP contribution < -0.4 is 16.8 Å². The molecule has 0 aromatic rings. The van der Waals surface area contributed by atoms with E-state index in [2.05, 4.69) is 5.32 Å². The molecule has 2 amide bonds. The van der Waals surface area contributed by atoms with Crippen molar-refractivity contribution in [3.05, 3.63) is 0 Å².